The highest BCUT2D eigenvalue weighted by molar-refractivity contribution is 5.30. The molecule has 0 aliphatic heterocycles. The number of aliphatic hydroxyl groups is 1. The van der Waals surface area contributed by atoms with Crippen LogP contribution < -0.4 is 5.73 Å². The van der Waals surface area contributed by atoms with Gasteiger partial charge in [0.15, 0.2) is 0 Å². The van der Waals surface area contributed by atoms with Gasteiger partial charge in [-0.25, -0.2) is 0 Å². The summed E-state index contributed by atoms with van der Waals surface area (Å²) in [6.07, 6.45) is -0.499. The standard InChI is InChI=1S/C11H17NO/c1-7-4-8(2)6-10(5-7)11(12)9(3)13/h4-6,9,11,13H,12H2,1-3H3. The molecule has 0 aromatic heterocycles. The molecule has 2 atom stereocenters. The van der Waals surface area contributed by atoms with Gasteiger partial charge in [-0.2, -0.15) is 0 Å². The van der Waals surface area contributed by atoms with Crippen molar-refractivity contribution in [1.29, 1.82) is 0 Å². The van der Waals surface area contributed by atoms with Gasteiger partial charge in [-0.1, -0.05) is 29.3 Å². The van der Waals surface area contributed by atoms with Crippen LogP contribution in [0, 0.1) is 13.8 Å². The fourth-order valence-electron chi connectivity index (χ4n) is 1.48. The highest BCUT2D eigenvalue weighted by Crippen LogP contribution is 2.17. The molecule has 0 aliphatic rings. The molecule has 0 radical (unpaired) electrons. The van der Waals surface area contributed by atoms with Gasteiger partial charge < -0.3 is 10.8 Å². The van der Waals surface area contributed by atoms with Crippen LogP contribution in [0.4, 0.5) is 0 Å². The van der Waals surface area contributed by atoms with E-state index in [9.17, 15) is 5.11 Å². The number of nitrogens with two attached hydrogens (primary N) is 1. The lowest BCUT2D eigenvalue weighted by atomic mass is 9.99. The number of hydrogen-bond donors (Lipinski definition) is 2. The second kappa shape index (κ2) is 3.90. The molecule has 0 saturated heterocycles. The number of aliphatic hydroxyl groups excluding tert-OH is 1. The van der Waals surface area contributed by atoms with Crippen molar-refractivity contribution in [3.63, 3.8) is 0 Å². The van der Waals surface area contributed by atoms with E-state index in [1.54, 1.807) is 6.92 Å². The van der Waals surface area contributed by atoms with E-state index in [4.69, 9.17) is 5.73 Å². The van der Waals surface area contributed by atoms with Crippen molar-refractivity contribution < 1.29 is 5.11 Å². The summed E-state index contributed by atoms with van der Waals surface area (Å²) in [5.41, 5.74) is 9.20. The average molecular weight is 179 g/mol. The lowest BCUT2D eigenvalue weighted by Crippen LogP contribution is -2.23. The van der Waals surface area contributed by atoms with Crippen molar-refractivity contribution in [2.45, 2.75) is 32.9 Å². The summed E-state index contributed by atoms with van der Waals surface area (Å²) < 4.78 is 0. The number of aryl methyl sites for hydroxylation is 2. The second-order valence-corrected chi connectivity index (χ2v) is 3.69. The van der Waals surface area contributed by atoms with E-state index < -0.39 is 6.10 Å². The number of rotatable bonds is 2. The Morgan fingerprint density at radius 1 is 1.15 bits per heavy atom. The molecule has 0 amide bonds. The first kappa shape index (κ1) is 10.2. The Kier molecular flexibility index (Phi) is 3.07. The lowest BCUT2D eigenvalue weighted by molar-refractivity contribution is 0.164. The van der Waals surface area contributed by atoms with Gasteiger partial charge in [0.1, 0.15) is 0 Å². The van der Waals surface area contributed by atoms with E-state index >= 15 is 0 Å². The maximum absolute atomic E-state index is 9.33. The minimum absolute atomic E-state index is 0.279. The molecular weight excluding hydrogens is 162 g/mol. The van der Waals surface area contributed by atoms with Crippen molar-refractivity contribution in [3.05, 3.63) is 34.9 Å². The molecule has 0 saturated carbocycles. The van der Waals surface area contributed by atoms with Gasteiger partial charge in [-0.3, -0.25) is 0 Å². The molecule has 1 aromatic carbocycles. The van der Waals surface area contributed by atoms with Crippen LogP contribution in [0.5, 0.6) is 0 Å². The smallest absolute Gasteiger partial charge is 0.0704 e. The van der Waals surface area contributed by atoms with Crippen molar-refractivity contribution >= 4 is 0 Å². The Bertz CT molecular complexity index is 274. The number of benzene rings is 1. The van der Waals surface area contributed by atoms with Crippen LogP contribution in [0.2, 0.25) is 0 Å². The van der Waals surface area contributed by atoms with Crippen LogP contribution in [-0.2, 0) is 0 Å². The molecule has 0 bridgehead atoms. The minimum Gasteiger partial charge on any atom is -0.391 e. The topological polar surface area (TPSA) is 46.2 Å². The molecule has 2 heteroatoms. The zero-order valence-electron chi connectivity index (χ0n) is 8.41. The average Bonchev–Trinajstić information content (AvgIpc) is 2.01. The van der Waals surface area contributed by atoms with Gasteiger partial charge in [0.05, 0.1) is 12.1 Å². The van der Waals surface area contributed by atoms with Gasteiger partial charge in [0, 0.05) is 0 Å². The molecule has 2 unspecified atom stereocenters. The molecule has 1 rings (SSSR count). The van der Waals surface area contributed by atoms with Gasteiger partial charge in [-0.05, 0) is 26.3 Å². The maximum Gasteiger partial charge on any atom is 0.0704 e. The zero-order chi connectivity index (χ0) is 10.0. The molecule has 1 aromatic rings. The third-order valence-electron chi connectivity index (χ3n) is 2.15. The molecular formula is C11H17NO. The maximum atomic E-state index is 9.33. The summed E-state index contributed by atoms with van der Waals surface area (Å²) in [6.45, 7) is 5.78. The van der Waals surface area contributed by atoms with Crippen LogP contribution in [0.3, 0.4) is 0 Å². The Morgan fingerprint density at radius 2 is 1.62 bits per heavy atom. The summed E-state index contributed by atoms with van der Waals surface area (Å²) >= 11 is 0. The Hall–Kier alpha value is -0.860. The molecule has 3 N–H and O–H groups in total. The SMILES string of the molecule is Cc1cc(C)cc(C(N)C(C)O)c1. The summed E-state index contributed by atoms with van der Waals surface area (Å²) in [7, 11) is 0. The highest BCUT2D eigenvalue weighted by Gasteiger charge is 2.11. The Balaban J connectivity index is 3.01. The molecule has 0 heterocycles. The lowest BCUT2D eigenvalue weighted by Gasteiger charge is -2.16. The van der Waals surface area contributed by atoms with E-state index in [0.29, 0.717) is 0 Å². The van der Waals surface area contributed by atoms with Crippen molar-refractivity contribution in [3.8, 4) is 0 Å². The summed E-state index contributed by atoms with van der Waals surface area (Å²) in [5, 5.41) is 9.33. The number of hydrogen-bond acceptors (Lipinski definition) is 2. The highest BCUT2D eigenvalue weighted by atomic mass is 16.3. The van der Waals surface area contributed by atoms with E-state index in [1.807, 2.05) is 26.0 Å². The first-order valence-electron chi connectivity index (χ1n) is 4.52. The normalized spacial score (nSPS) is 15.5. The van der Waals surface area contributed by atoms with E-state index in [-0.39, 0.29) is 6.04 Å². The molecule has 0 fully saturated rings. The predicted octanol–water partition coefficient (Wildman–Crippen LogP) is 1.68. The Morgan fingerprint density at radius 3 is 2.00 bits per heavy atom. The third kappa shape index (κ3) is 2.54. The molecule has 0 spiro atoms. The third-order valence-corrected chi connectivity index (χ3v) is 2.15. The monoisotopic (exact) mass is 179 g/mol. The van der Waals surface area contributed by atoms with Crippen LogP contribution in [0.15, 0.2) is 18.2 Å². The fraction of sp³-hybridized carbons (Fsp3) is 0.455. The predicted molar refractivity (Wildman–Crippen MR) is 54.5 cm³/mol. The first-order chi connectivity index (χ1) is 6.00. The summed E-state index contributed by atoms with van der Waals surface area (Å²) in [4.78, 5) is 0. The molecule has 13 heavy (non-hydrogen) atoms. The van der Waals surface area contributed by atoms with Crippen LogP contribution in [0.1, 0.15) is 29.7 Å². The second-order valence-electron chi connectivity index (χ2n) is 3.69. The fourth-order valence-corrected chi connectivity index (χ4v) is 1.48. The van der Waals surface area contributed by atoms with Gasteiger partial charge in [0.2, 0.25) is 0 Å². The van der Waals surface area contributed by atoms with E-state index in [1.165, 1.54) is 11.1 Å². The summed E-state index contributed by atoms with van der Waals surface area (Å²) in [5.74, 6) is 0. The van der Waals surface area contributed by atoms with Crippen LogP contribution >= 0.6 is 0 Å². The van der Waals surface area contributed by atoms with Gasteiger partial charge in [0.25, 0.3) is 0 Å². The minimum atomic E-state index is -0.499. The van der Waals surface area contributed by atoms with Gasteiger partial charge >= 0.3 is 0 Å². The quantitative estimate of drug-likeness (QED) is 0.725. The first-order valence-corrected chi connectivity index (χ1v) is 4.52. The van der Waals surface area contributed by atoms with E-state index in [0.717, 1.165) is 5.56 Å². The van der Waals surface area contributed by atoms with Crippen molar-refractivity contribution in [1.82, 2.24) is 0 Å². The Labute approximate surface area is 79.4 Å². The largest absolute Gasteiger partial charge is 0.391 e. The van der Waals surface area contributed by atoms with Gasteiger partial charge in [-0.15, -0.1) is 0 Å². The molecule has 72 valence electrons. The van der Waals surface area contributed by atoms with Crippen molar-refractivity contribution in [2.24, 2.45) is 5.73 Å². The summed E-state index contributed by atoms with van der Waals surface area (Å²) in [6, 6.07) is 5.85. The van der Waals surface area contributed by atoms with Crippen molar-refractivity contribution in [2.75, 3.05) is 0 Å². The molecule has 0 aliphatic carbocycles. The van der Waals surface area contributed by atoms with Crippen LogP contribution in [0.25, 0.3) is 0 Å². The zero-order valence-corrected chi connectivity index (χ0v) is 8.41. The van der Waals surface area contributed by atoms with E-state index in [2.05, 4.69) is 6.07 Å². The molecule has 2 nitrogen and oxygen atoms in total. The van der Waals surface area contributed by atoms with Crippen LogP contribution in [-0.4, -0.2) is 11.2 Å².